The number of rotatable bonds is 6. The van der Waals surface area contributed by atoms with E-state index in [4.69, 9.17) is 0 Å². The molecule has 0 aliphatic carbocycles. The number of nitrogens with one attached hydrogen (secondary N) is 1. The van der Waals surface area contributed by atoms with Crippen LogP contribution in [-0.4, -0.2) is 20.9 Å². The molecule has 6 heteroatoms. The summed E-state index contributed by atoms with van der Waals surface area (Å²) in [6, 6.07) is 15.1. The Labute approximate surface area is 158 Å². The van der Waals surface area contributed by atoms with Gasteiger partial charge in [0.15, 0.2) is 0 Å². The molecule has 2 aromatic carbocycles. The van der Waals surface area contributed by atoms with Crippen molar-refractivity contribution in [3.8, 4) is 0 Å². The van der Waals surface area contributed by atoms with Gasteiger partial charge in [-0.2, -0.15) is 0 Å². The number of nitrogens with zero attached hydrogens (tertiary/aromatic N) is 3. The minimum atomic E-state index is -0.316. The van der Waals surface area contributed by atoms with Gasteiger partial charge in [0.05, 0.1) is 11.4 Å². The summed E-state index contributed by atoms with van der Waals surface area (Å²) in [5.41, 5.74) is 2.51. The van der Waals surface area contributed by atoms with Crippen LogP contribution in [0.25, 0.3) is 10.9 Å². The SMILES string of the molecule is CCc1ccc([C@@H](NC(=O)Cn2nnc3ccccc3c2=O)C(C)C)cc1. The van der Waals surface area contributed by atoms with E-state index in [0.717, 1.165) is 16.7 Å². The van der Waals surface area contributed by atoms with Gasteiger partial charge < -0.3 is 5.32 Å². The van der Waals surface area contributed by atoms with Crippen LogP contribution in [0.2, 0.25) is 0 Å². The second kappa shape index (κ2) is 8.12. The second-order valence-corrected chi connectivity index (χ2v) is 6.95. The number of carbonyl (C=O) groups excluding carboxylic acids is 1. The third-order valence-electron chi connectivity index (χ3n) is 4.65. The Morgan fingerprint density at radius 2 is 1.81 bits per heavy atom. The quantitative estimate of drug-likeness (QED) is 0.730. The summed E-state index contributed by atoms with van der Waals surface area (Å²) in [7, 11) is 0. The van der Waals surface area contributed by atoms with Gasteiger partial charge >= 0.3 is 0 Å². The molecule has 0 saturated carbocycles. The van der Waals surface area contributed by atoms with Crippen molar-refractivity contribution >= 4 is 16.8 Å². The van der Waals surface area contributed by atoms with E-state index < -0.39 is 0 Å². The summed E-state index contributed by atoms with van der Waals surface area (Å²) in [6.45, 7) is 6.06. The Kier molecular flexibility index (Phi) is 5.64. The molecule has 0 aliphatic rings. The lowest BCUT2D eigenvalue weighted by Crippen LogP contribution is -2.37. The summed E-state index contributed by atoms with van der Waals surface area (Å²) >= 11 is 0. The fraction of sp³-hybridized carbons (Fsp3) is 0.333. The van der Waals surface area contributed by atoms with E-state index in [2.05, 4.69) is 48.5 Å². The van der Waals surface area contributed by atoms with Crippen LogP contribution in [0.4, 0.5) is 0 Å². The Bertz CT molecular complexity index is 993. The monoisotopic (exact) mass is 364 g/mol. The molecular weight excluding hydrogens is 340 g/mol. The van der Waals surface area contributed by atoms with Crippen molar-refractivity contribution in [2.45, 2.75) is 39.8 Å². The molecule has 27 heavy (non-hydrogen) atoms. The van der Waals surface area contributed by atoms with Gasteiger partial charge in [-0.15, -0.1) is 5.10 Å². The van der Waals surface area contributed by atoms with Crippen LogP contribution in [0, 0.1) is 5.92 Å². The highest BCUT2D eigenvalue weighted by Crippen LogP contribution is 2.22. The van der Waals surface area contributed by atoms with Crippen LogP contribution in [-0.2, 0) is 17.8 Å². The highest BCUT2D eigenvalue weighted by molar-refractivity contribution is 5.78. The van der Waals surface area contributed by atoms with Crippen LogP contribution in [0.1, 0.15) is 37.9 Å². The first-order chi connectivity index (χ1) is 13.0. The maximum Gasteiger partial charge on any atom is 0.278 e. The number of amides is 1. The van der Waals surface area contributed by atoms with Crippen molar-refractivity contribution < 1.29 is 4.79 Å². The van der Waals surface area contributed by atoms with Crippen LogP contribution in [0.5, 0.6) is 0 Å². The first kappa shape index (κ1) is 18.8. The van der Waals surface area contributed by atoms with Crippen molar-refractivity contribution in [1.29, 1.82) is 0 Å². The average Bonchev–Trinajstić information content (AvgIpc) is 2.68. The number of benzene rings is 2. The zero-order valence-corrected chi connectivity index (χ0v) is 15.8. The second-order valence-electron chi connectivity index (χ2n) is 6.95. The van der Waals surface area contributed by atoms with Crippen molar-refractivity contribution in [2.24, 2.45) is 5.92 Å². The molecule has 1 heterocycles. The predicted molar refractivity (Wildman–Crippen MR) is 105 cm³/mol. The Hall–Kier alpha value is -3.02. The first-order valence-electron chi connectivity index (χ1n) is 9.20. The fourth-order valence-corrected chi connectivity index (χ4v) is 3.08. The van der Waals surface area contributed by atoms with E-state index in [-0.39, 0.29) is 30.0 Å². The summed E-state index contributed by atoms with van der Waals surface area (Å²) in [6.07, 6.45) is 0.975. The molecule has 1 N–H and O–H groups in total. The van der Waals surface area contributed by atoms with Gasteiger partial charge in [0.1, 0.15) is 12.1 Å². The molecule has 3 aromatic rings. The van der Waals surface area contributed by atoms with Crippen LogP contribution >= 0.6 is 0 Å². The summed E-state index contributed by atoms with van der Waals surface area (Å²) in [4.78, 5) is 25.1. The topological polar surface area (TPSA) is 76.9 Å². The molecule has 0 bridgehead atoms. The van der Waals surface area contributed by atoms with E-state index in [9.17, 15) is 9.59 Å². The van der Waals surface area contributed by atoms with Gasteiger partial charge in [0.2, 0.25) is 5.91 Å². The molecule has 1 atom stereocenters. The smallest absolute Gasteiger partial charge is 0.278 e. The maximum atomic E-state index is 12.6. The molecule has 3 rings (SSSR count). The van der Waals surface area contributed by atoms with Gasteiger partial charge in [0, 0.05) is 0 Å². The predicted octanol–water partition coefficient (Wildman–Crippen LogP) is 2.87. The van der Waals surface area contributed by atoms with Gasteiger partial charge in [-0.05, 0) is 35.6 Å². The molecule has 140 valence electrons. The van der Waals surface area contributed by atoms with Crippen LogP contribution in [0.3, 0.4) is 0 Å². The lowest BCUT2D eigenvalue weighted by Gasteiger charge is -2.23. The van der Waals surface area contributed by atoms with Gasteiger partial charge in [-0.25, -0.2) is 4.68 Å². The zero-order chi connectivity index (χ0) is 19.4. The summed E-state index contributed by atoms with van der Waals surface area (Å²) in [5, 5.41) is 11.4. The largest absolute Gasteiger partial charge is 0.347 e. The molecule has 0 radical (unpaired) electrons. The normalized spacial score (nSPS) is 12.3. The zero-order valence-electron chi connectivity index (χ0n) is 15.8. The molecule has 1 amide bonds. The summed E-state index contributed by atoms with van der Waals surface area (Å²) < 4.78 is 1.11. The van der Waals surface area contributed by atoms with E-state index in [1.54, 1.807) is 24.3 Å². The molecule has 6 nitrogen and oxygen atoms in total. The first-order valence-corrected chi connectivity index (χ1v) is 9.20. The minimum absolute atomic E-state index is 0.132. The average molecular weight is 364 g/mol. The number of aromatic nitrogens is 3. The lowest BCUT2D eigenvalue weighted by molar-refractivity contribution is -0.123. The number of carbonyl (C=O) groups is 1. The highest BCUT2D eigenvalue weighted by Gasteiger charge is 2.19. The summed E-state index contributed by atoms with van der Waals surface area (Å²) in [5.74, 6) is -0.0548. The van der Waals surface area contributed by atoms with Crippen molar-refractivity contribution in [2.75, 3.05) is 0 Å². The number of hydrogen-bond donors (Lipinski definition) is 1. The van der Waals surface area contributed by atoms with Crippen molar-refractivity contribution in [3.63, 3.8) is 0 Å². The van der Waals surface area contributed by atoms with E-state index in [1.807, 2.05) is 12.1 Å². The number of fused-ring (bicyclic) bond motifs is 1. The third kappa shape index (κ3) is 4.22. The van der Waals surface area contributed by atoms with Crippen molar-refractivity contribution in [3.05, 3.63) is 70.0 Å². The Morgan fingerprint density at radius 3 is 2.48 bits per heavy atom. The third-order valence-corrected chi connectivity index (χ3v) is 4.65. The molecule has 1 aromatic heterocycles. The Balaban J connectivity index is 1.78. The van der Waals surface area contributed by atoms with Crippen molar-refractivity contribution in [1.82, 2.24) is 20.3 Å². The molecule has 0 fully saturated rings. The molecule has 0 unspecified atom stereocenters. The maximum absolute atomic E-state index is 12.6. The fourth-order valence-electron chi connectivity index (χ4n) is 3.08. The van der Waals surface area contributed by atoms with E-state index >= 15 is 0 Å². The lowest BCUT2D eigenvalue weighted by atomic mass is 9.95. The minimum Gasteiger partial charge on any atom is -0.347 e. The molecule has 0 spiro atoms. The van der Waals surface area contributed by atoms with Gasteiger partial charge in [-0.1, -0.05) is 62.4 Å². The standard InChI is InChI=1S/C21H24N4O2/c1-4-15-9-11-16(12-10-15)20(14(2)3)22-19(26)13-25-21(27)17-7-5-6-8-18(17)23-24-25/h5-12,14,20H,4,13H2,1-3H3,(H,22,26)/t20-/m0/s1. The number of hydrogen-bond acceptors (Lipinski definition) is 4. The Morgan fingerprint density at radius 1 is 1.11 bits per heavy atom. The number of aryl methyl sites for hydroxylation is 1. The molecular formula is C21H24N4O2. The van der Waals surface area contributed by atoms with E-state index in [1.165, 1.54) is 5.56 Å². The van der Waals surface area contributed by atoms with Crippen LogP contribution in [0.15, 0.2) is 53.3 Å². The molecule has 0 saturated heterocycles. The van der Waals surface area contributed by atoms with Gasteiger partial charge in [0.25, 0.3) is 5.56 Å². The van der Waals surface area contributed by atoms with E-state index in [0.29, 0.717) is 10.9 Å². The van der Waals surface area contributed by atoms with Crippen LogP contribution < -0.4 is 10.9 Å². The van der Waals surface area contributed by atoms with Gasteiger partial charge in [-0.3, -0.25) is 9.59 Å². The highest BCUT2D eigenvalue weighted by atomic mass is 16.2. The molecule has 0 aliphatic heterocycles.